The third kappa shape index (κ3) is 6.23. The van der Waals surface area contributed by atoms with Crippen molar-refractivity contribution in [1.82, 2.24) is 10.6 Å². The first-order valence-corrected chi connectivity index (χ1v) is 13.5. The van der Waals surface area contributed by atoms with Gasteiger partial charge in [0, 0.05) is 28.6 Å². The highest BCUT2D eigenvalue weighted by atomic mass is 32.2. The monoisotopic (exact) mass is 518 g/mol. The van der Waals surface area contributed by atoms with E-state index in [-0.39, 0.29) is 34.4 Å². The van der Waals surface area contributed by atoms with Crippen LogP contribution in [0.1, 0.15) is 56.1 Å². The lowest BCUT2D eigenvalue weighted by molar-refractivity contribution is -0.119. The number of carbonyl (C=O) groups is 2. The first-order chi connectivity index (χ1) is 17.9. The molecule has 0 unspecified atom stereocenters. The zero-order valence-electron chi connectivity index (χ0n) is 21.1. The fourth-order valence-electron chi connectivity index (χ4n) is 4.90. The summed E-state index contributed by atoms with van der Waals surface area (Å²) in [5.41, 5.74) is 2.74. The molecule has 1 heterocycles. The molecule has 2 amide bonds. The van der Waals surface area contributed by atoms with Crippen molar-refractivity contribution in [3.8, 4) is 6.07 Å². The van der Waals surface area contributed by atoms with Crippen molar-refractivity contribution in [2.45, 2.75) is 57.9 Å². The molecule has 0 aromatic heterocycles. The Morgan fingerprint density at radius 2 is 1.78 bits per heavy atom. The molecule has 192 valence electrons. The maximum Gasteiger partial charge on any atom is 0.254 e. The summed E-state index contributed by atoms with van der Waals surface area (Å²) in [4.78, 5) is 26.2. The third-order valence-corrected chi connectivity index (χ3v) is 7.84. The largest absolute Gasteiger partial charge is 0.353 e. The van der Waals surface area contributed by atoms with Crippen molar-refractivity contribution in [2.75, 3.05) is 11.1 Å². The predicted octanol–water partition coefficient (Wildman–Crippen LogP) is 5.65. The van der Waals surface area contributed by atoms with Gasteiger partial charge in [0.2, 0.25) is 5.91 Å². The van der Waals surface area contributed by atoms with Crippen LogP contribution in [-0.2, 0) is 9.59 Å². The molecule has 3 N–H and O–H groups in total. The molecule has 6 nitrogen and oxygen atoms in total. The van der Waals surface area contributed by atoms with E-state index >= 15 is 4.39 Å². The Bertz CT molecular complexity index is 1290. The van der Waals surface area contributed by atoms with E-state index in [1.165, 1.54) is 24.2 Å². The molecule has 1 aliphatic heterocycles. The summed E-state index contributed by atoms with van der Waals surface area (Å²) in [5.74, 6) is -1.82. The van der Waals surface area contributed by atoms with E-state index in [1.54, 1.807) is 31.2 Å². The number of benzene rings is 2. The Morgan fingerprint density at radius 3 is 2.49 bits per heavy atom. The second-order valence-electron chi connectivity index (χ2n) is 9.43. The molecule has 37 heavy (non-hydrogen) atoms. The standard InChI is InChI=1S/C29H31FN4O2S/c1-18-10-6-9-15-24(18)34-28(36)26-19(2)32-29(37-17-25(35)33-20-11-4-3-5-12-20)22(16-31)27(26)21-13-7-8-14-23(21)30/h6-10,13-15,20,27,32H,3-5,11-12,17H2,1-2H3,(H,33,35)(H,34,36)/t27-/m0/s1. The van der Waals surface area contributed by atoms with Gasteiger partial charge >= 0.3 is 0 Å². The topological polar surface area (TPSA) is 94.0 Å². The highest BCUT2D eigenvalue weighted by Gasteiger charge is 2.36. The van der Waals surface area contributed by atoms with Crippen molar-refractivity contribution >= 4 is 29.3 Å². The lowest BCUT2D eigenvalue weighted by Crippen LogP contribution is -2.37. The average molecular weight is 519 g/mol. The third-order valence-electron chi connectivity index (χ3n) is 6.82. The van der Waals surface area contributed by atoms with Crippen molar-refractivity contribution in [3.63, 3.8) is 0 Å². The van der Waals surface area contributed by atoms with Crippen molar-refractivity contribution in [3.05, 3.63) is 87.3 Å². The van der Waals surface area contributed by atoms with Gasteiger partial charge in [-0.25, -0.2) is 4.39 Å². The maximum atomic E-state index is 15.1. The normalized spacial score (nSPS) is 18.2. The van der Waals surface area contributed by atoms with Crippen LogP contribution in [0.3, 0.4) is 0 Å². The molecule has 1 aliphatic carbocycles. The molecule has 1 atom stereocenters. The second-order valence-corrected chi connectivity index (χ2v) is 10.4. The molecule has 1 fully saturated rings. The quantitative estimate of drug-likeness (QED) is 0.440. The van der Waals surface area contributed by atoms with E-state index in [4.69, 9.17) is 0 Å². The maximum absolute atomic E-state index is 15.1. The van der Waals surface area contributed by atoms with Gasteiger partial charge in [-0.2, -0.15) is 5.26 Å². The molecule has 0 saturated heterocycles. The number of nitrogens with one attached hydrogen (secondary N) is 3. The number of thioether (sulfide) groups is 1. The highest BCUT2D eigenvalue weighted by Crippen LogP contribution is 2.41. The number of allylic oxidation sites excluding steroid dienone is 2. The van der Waals surface area contributed by atoms with Gasteiger partial charge in [0.05, 0.1) is 28.3 Å². The number of para-hydroxylation sites is 1. The fourth-order valence-corrected chi connectivity index (χ4v) is 5.81. The summed E-state index contributed by atoms with van der Waals surface area (Å²) in [6.07, 6.45) is 5.40. The molecular formula is C29H31FN4O2S. The van der Waals surface area contributed by atoms with Crippen molar-refractivity contribution in [2.24, 2.45) is 0 Å². The van der Waals surface area contributed by atoms with Gasteiger partial charge < -0.3 is 16.0 Å². The van der Waals surface area contributed by atoms with Gasteiger partial charge in [-0.1, -0.05) is 67.4 Å². The summed E-state index contributed by atoms with van der Waals surface area (Å²) in [6.45, 7) is 3.62. The number of rotatable bonds is 7. The van der Waals surface area contributed by atoms with Crippen molar-refractivity contribution < 1.29 is 14.0 Å². The average Bonchev–Trinajstić information content (AvgIpc) is 2.89. The lowest BCUT2D eigenvalue weighted by Gasteiger charge is -2.30. The van der Waals surface area contributed by atoms with Crippen LogP contribution >= 0.6 is 11.8 Å². The molecule has 4 rings (SSSR count). The molecular weight excluding hydrogens is 487 g/mol. The summed E-state index contributed by atoms with van der Waals surface area (Å²) in [5, 5.41) is 19.8. The van der Waals surface area contributed by atoms with Gasteiger partial charge in [0.1, 0.15) is 5.82 Å². The van der Waals surface area contributed by atoms with Gasteiger partial charge in [-0.3, -0.25) is 9.59 Å². The molecule has 2 aliphatic rings. The zero-order valence-corrected chi connectivity index (χ0v) is 21.9. The van der Waals surface area contributed by atoms with Crippen LogP contribution in [0, 0.1) is 24.1 Å². The van der Waals surface area contributed by atoms with Crippen LogP contribution in [0.15, 0.2) is 70.4 Å². The number of dihydropyridines is 1. The number of carbonyl (C=O) groups excluding carboxylic acids is 2. The van der Waals surface area contributed by atoms with Gasteiger partial charge in [-0.05, 0) is 44.4 Å². The lowest BCUT2D eigenvalue weighted by atomic mass is 9.82. The Morgan fingerprint density at radius 1 is 1.08 bits per heavy atom. The summed E-state index contributed by atoms with van der Waals surface area (Å²) < 4.78 is 15.1. The molecule has 2 aromatic rings. The number of nitriles is 1. The van der Waals surface area contributed by atoms with Crippen LogP contribution in [-0.4, -0.2) is 23.6 Å². The fraction of sp³-hybridized carbons (Fsp3) is 0.345. The molecule has 1 saturated carbocycles. The number of hydrogen-bond donors (Lipinski definition) is 3. The van der Waals surface area contributed by atoms with Crippen LogP contribution in [0.25, 0.3) is 0 Å². The highest BCUT2D eigenvalue weighted by molar-refractivity contribution is 8.03. The molecule has 0 radical (unpaired) electrons. The van der Waals surface area contributed by atoms with E-state index in [9.17, 15) is 14.9 Å². The molecule has 0 spiro atoms. The Labute approximate surface area is 221 Å². The smallest absolute Gasteiger partial charge is 0.254 e. The van der Waals surface area contributed by atoms with E-state index in [1.807, 2.05) is 25.1 Å². The molecule has 0 bridgehead atoms. The number of hydrogen-bond acceptors (Lipinski definition) is 5. The van der Waals surface area contributed by atoms with Gasteiger partial charge in [0.15, 0.2) is 0 Å². The van der Waals surface area contributed by atoms with E-state index in [0.29, 0.717) is 16.4 Å². The molecule has 2 aromatic carbocycles. The SMILES string of the molecule is CC1=C(C(=O)Nc2ccccc2C)[C@@H](c2ccccc2F)C(C#N)=C(SCC(=O)NC2CCCCC2)N1. The summed E-state index contributed by atoms with van der Waals surface area (Å²) in [7, 11) is 0. The van der Waals surface area contributed by atoms with E-state index < -0.39 is 17.6 Å². The Balaban J connectivity index is 1.63. The Hall–Kier alpha value is -3.57. The Kier molecular flexibility index (Phi) is 8.67. The molecule has 8 heteroatoms. The second kappa shape index (κ2) is 12.1. The van der Waals surface area contributed by atoms with Crippen LogP contribution in [0.2, 0.25) is 0 Å². The number of amides is 2. The van der Waals surface area contributed by atoms with Crippen LogP contribution in [0.4, 0.5) is 10.1 Å². The van der Waals surface area contributed by atoms with Gasteiger partial charge in [-0.15, -0.1) is 0 Å². The zero-order chi connectivity index (χ0) is 26.4. The summed E-state index contributed by atoms with van der Waals surface area (Å²) >= 11 is 1.20. The van der Waals surface area contributed by atoms with E-state index in [2.05, 4.69) is 22.0 Å². The summed E-state index contributed by atoms with van der Waals surface area (Å²) in [6, 6.07) is 16.0. The van der Waals surface area contributed by atoms with Gasteiger partial charge in [0.25, 0.3) is 5.91 Å². The first kappa shape index (κ1) is 26.5. The number of nitrogens with zero attached hydrogens (tertiary/aromatic N) is 1. The van der Waals surface area contributed by atoms with Crippen molar-refractivity contribution in [1.29, 1.82) is 5.26 Å². The first-order valence-electron chi connectivity index (χ1n) is 12.5. The van der Waals surface area contributed by atoms with Crippen LogP contribution < -0.4 is 16.0 Å². The minimum absolute atomic E-state index is 0.101. The predicted molar refractivity (Wildman–Crippen MR) is 145 cm³/mol. The minimum atomic E-state index is -0.916. The minimum Gasteiger partial charge on any atom is -0.353 e. The number of halogens is 1. The number of anilines is 1. The number of aryl methyl sites for hydroxylation is 1. The van der Waals surface area contributed by atoms with E-state index in [0.717, 1.165) is 31.2 Å². The van der Waals surface area contributed by atoms with Crippen LogP contribution in [0.5, 0.6) is 0 Å².